The van der Waals surface area contributed by atoms with Gasteiger partial charge in [0.05, 0.1) is 12.5 Å². The number of ether oxygens (including phenoxy) is 1. The van der Waals surface area contributed by atoms with Gasteiger partial charge in [-0.3, -0.25) is 4.79 Å². The molecule has 1 N–H and O–H groups in total. The molecule has 1 fully saturated rings. The molecule has 0 radical (unpaired) electrons. The lowest BCUT2D eigenvalue weighted by Gasteiger charge is -2.38. The molecule has 0 spiro atoms. The summed E-state index contributed by atoms with van der Waals surface area (Å²) in [4.78, 5) is 12.4. The Labute approximate surface area is 146 Å². The molecule has 0 amide bonds. The largest absolute Gasteiger partial charge is 0.466 e. The quantitative estimate of drug-likeness (QED) is 0.516. The van der Waals surface area contributed by atoms with Crippen LogP contribution in [-0.4, -0.2) is 31.4 Å². The van der Waals surface area contributed by atoms with Crippen molar-refractivity contribution < 1.29 is 14.6 Å². The highest BCUT2D eigenvalue weighted by Crippen LogP contribution is 2.43. The van der Waals surface area contributed by atoms with E-state index >= 15 is 0 Å². The minimum Gasteiger partial charge on any atom is -0.466 e. The predicted octanol–water partition coefficient (Wildman–Crippen LogP) is 3.75. The third kappa shape index (κ3) is 4.96. The van der Waals surface area contributed by atoms with Crippen LogP contribution in [0.3, 0.4) is 0 Å². The van der Waals surface area contributed by atoms with E-state index in [0.29, 0.717) is 25.9 Å². The van der Waals surface area contributed by atoms with Gasteiger partial charge >= 0.3 is 5.97 Å². The van der Waals surface area contributed by atoms with Crippen LogP contribution in [-0.2, 0) is 9.53 Å². The molecule has 1 aromatic carbocycles. The second-order valence-electron chi connectivity index (χ2n) is 7.65. The summed E-state index contributed by atoms with van der Waals surface area (Å²) in [5.41, 5.74) is 3.36. The number of hydrogen-bond acceptors (Lipinski definition) is 3. The fourth-order valence-electron chi connectivity index (χ4n) is 3.20. The second-order valence-corrected chi connectivity index (χ2v) is 12.4. The van der Waals surface area contributed by atoms with E-state index in [2.05, 4.69) is 31.1 Å². The maximum absolute atomic E-state index is 12.4. The first-order valence-corrected chi connectivity index (χ1v) is 12.2. The van der Waals surface area contributed by atoms with Crippen molar-refractivity contribution in [3.8, 4) is 11.5 Å². The van der Waals surface area contributed by atoms with E-state index in [4.69, 9.17) is 4.74 Å². The molecule has 0 saturated heterocycles. The van der Waals surface area contributed by atoms with E-state index in [1.165, 1.54) is 0 Å². The highest BCUT2D eigenvalue weighted by Gasteiger charge is 2.43. The van der Waals surface area contributed by atoms with Crippen molar-refractivity contribution in [2.75, 3.05) is 6.61 Å². The van der Waals surface area contributed by atoms with Gasteiger partial charge in [-0.05, 0) is 31.7 Å². The van der Waals surface area contributed by atoms with Gasteiger partial charge in [0.1, 0.15) is 13.7 Å². The molecular formula is C20H28O3Si. The molecule has 0 aliphatic heterocycles. The lowest BCUT2D eigenvalue weighted by molar-refractivity contribution is -0.151. The summed E-state index contributed by atoms with van der Waals surface area (Å²) in [6.07, 6.45) is 1.62. The number of carbonyl (C=O) groups excluding carboxylic acids is 1. The van der Waals surface area contributed by atoms with Crippen molar-refractivity contribution in [3.63, 3.8) is 0 Å². The first-order valence-electron chi connectivity index (χ1n) is 8.72. The SMILES string of the molecule is CCOC(=O)[C@H]1CC[C@@](O)(C#C[Si](C)(C)C)C[C@@H]1c1ccccc1. The van der Waals surface area contributed by atoms with Crippen LogP contribution in [0.25, 0.3) is 0 Å². The van der Waals surface area contributed by atoms with Crippen LogP contribution >= 0.6 is 0 Å². The molecule has 24 heavy (non-hydrogen) atoms. The summed E-state index contributed by atoms with van der Waals surface area (Å²) in [7, 11) is -1.55. The van der Waals surface area contributed by atoms with E-state index in [0.717, 1.165) is 5.56 Å². The third-order valence-electron chi connectivity index (χ3n) is 4.40. The Morgan fingerprint density at radius 2 is 2.00 bits per heavy atom. The van der Waals surface area contributed by atoms with Gasteiger partial charge in [0.25, 0.3) is 0 Å². The van der Waals surface area contributed by atoms with Crippen molar-refractivity contribution in [1.82, 2.24) is 0 Å². The summed E-state index contributed by atoms with van der Waals surface area (Å²) < 4.78 is 5.27. The van der Waals surface area contributed by atoms with E-state index in [1.54, 1.807) is 0 Å². The van der Waals surface area contributed by atoms with Crippen molar-refractivity contribution >= 4 is 14.0 Å². The lowest BCUT2D eigenvalue weighted by Crippen LogP contribution is -2.40. The van der Waals surface area contributed by atoms with Crippen LogP contribution in [0.1, 0.15) is 37.7 Å². The van der Waals surface area contributed by atoms with Crippen LogP contribution < -0.4 is 0 Å². The summed E-state index contributed by atoms with van der Waals surface area (Å²) in [6, 6.07) is 9.95. The third-order valence-corrected chi connectivity index (χ3v) is 5.27. The molecular weight excluding hydrogens is 316 g/mol. The van der Waals surface area contributed by atoms with Crippen molar-refractivity contribution in [1.29, 1.82) is 0 Å². The molecule has 1 saturated carbocycles. The molecule has 0 aromatic heterocycles. The number of rotatable bonds is 3. The summed E-state index contributed by atoms with van der Waals surface area (Å²) >= 11 is 0. The summed E-state index contributed by atoms with van der Waals surface area (Å²) in [6.45, 7) is 8.72. The molecule has 4 heteroatoms. The zero-order valence-electron chi connectivity index (χ0n) is 15.1. The summed E-state index contributed by atoms with van der Waals surface area (Å²) in [5, 5.41) is 11.0. The minimum atomic E-state index is -1.55. The molecule has 2 rings (SSSR count). The Bertz CT molecular complexity index is 624. The molecule has 0 heterocycles. The van der Waals surface area contributed by atoms with Crippen LogP contribution in [0, 0.1) is 17.4 Å². The Morgan fingerprint density at radius 3 is 2.58 bits per heavy atom. The molecule has 1 aromatic rings. The molecule has 3 atom stereocenters. The smallest absolute Gasteiger partial charge is 0.309 e. The highest BCUT2D eigenvalue weighted by molar-refractivity contribution is 6.83. The van der Waals surface area contributed by atoms with Gasteiger partial charge in [0, 0.05) is 5.92 Å². The normalized spacial score (nSPS) is 27.0. The molecule has 1 aliphatic carbocycles. The van der Waals surface area contributed by atoms with E-state index in [1.807, 2.05) is 37.3 Å². The zero-order chi connectivity index (χ0) is 17.8. The molecule has 1 aliphatic rings. The number of esters is 1. The Morgan fingerprint density at radius 1 is 1.33 bits per heavy atom. The van der Waals surface area contributed by atoms with Crippen LogP contribution in [0.4, 0.5) is 0 Å². The van der Waals surface area contributed by atoms with Gasteiger partial charge in [-0.25, -0.2) is 0 Å². The zero-order valence-corrected chi connectivity index (χ0v) is 16.1. The van der Waals surface area contributed by atoms with Gasteiger partial charge in [0.2, 0.25) is 0 Å². The van der Waals surface area contributed by atoms with Crippen LogP contribution in [0.15, 0.2) is 30.3 Å². The van der Waals surface area contributed by atoms with Crippen LogP contribution in [0.5, 0.6) is 0 Å². The average Bonchev–Trinajstić information content (AvgIpc) is 2.53. The fourth-order valence-corrected chi connectivity index (χ4v) is 3.81. The first kappa shape index (κ1) is 18.8. The van der Waals surface area contributed by atoms with Crippen molar-refractivity contribution in [2.45, 2.75) is 57.3 Å². The van der Waals surface area contributed by atoms with Gasteiger partial charge in [-0.15, -0.1) is 5.54 Å². The van der Waals surface area contributed by atoms with Crippen LogP contribution in [0.2, 0.25) is 19.6 Å². The molecule has 0 bridgehead atoms. The molecule has 130 valence electrons. The van der Waals surface area contributed by atoms with E-state index in [9.17, 15) is 9.90 Å². The maximum atomic E-state index is 12.4. The van der Waals surface area contributed by atoms with Crippen molar-refractivity contribution in [3.05, 3.63) is 35.9 Å². The van der Waals surface area contributed by atoms with Gasteiger partial charge in [0.15, 0.2) is 0 Å². The lowest BCUT2D eigenvalue weighted by atomic mass is 9.69. The standard InChI is InChI=1S/C20H28O3Si/c1-5-23-19(21)17-11-12-20(22,13-14-24(2,3)4)15-18(17)16-9-7-6-8-10-16/h6-10,17-18,22H,5,11-12,15H2,1-4H3/t17-,18+,20+/m0/s1. The van der Waals surface area contributed by atoms with Gasteiger partial charge < -0.3 is 9.84 Å². The Hall–Kier alpha value is -1.57. The van der Waals surface area contributed by atoms with Gasteiger partial charge in [-0.1, -0.05) is 55.9 Å². The number of carbonyl (C=O) groups is 1. The Balaban J connectivity index is 2.30. The van der Waals surface area contributed by atoms with E-state index < -0.39 is 13.7 Å². The maximum Gasteiger partial charge on any atom is 0.309 e. The highest BCUT2D eigenvalue weighted by atomic mass is 28.3. The minimum absolute atomic E-state index is 0.0556. The number of hydrogen-bond donors (Lipinski definition) is 1. The van der Waals surface area contributed by atoms with Gasteiger partial charge in [-0.2, -0.15) is 0 Å². The number of aliphatic hydroxyl groups is 1. The second kappa shape index (κ2) is 7.54. The Kier molecular flexibility index (Phi) is 5.90. The van der Waals surface area contributed by atoms with E-state index in [-0.39, 0.29) is 17.8 Å². The topological polar surface area (TPSA) is 46.5 Å². The number of benzene rings is 1. The monoisotopic (exact) mass is 344 g/mol. The van der Waals surface area contributed by atoms with Crippen molar-refractivity contribution in [2.24, 2.45) is 5.92 Å². The predicted molar refractivity (Wildman–Crippen MR) is 99.2 cm³/mol. The first-order chi connectivity index (χ1) is 11.2. The molecule has 3 nitrogen and oxygen atoms in total. The fraction of sp³-hybridized carbons (Fsp3) is 0.550. The molecule has 0 unspecified atom stereocenters. The average molecular weight is 345 g/mol. The summed E-state index contributed by atoms with van der Waals surface area (Å²) in [5.74, 6) is 2.72.